The van der Waals surface area contributed by atoms with Crippen LogP contribution in [0.4, 0.5) is 5.69 Å². The first-order valence-electron chi connectivity index (χ1n) is 7.61. The topological polar surface area (TPSA) is 70.6 Å². The molecule has 0 saturated heterocycles. The van der Waals surface area contributed by atoms with Gasteiger partial charge in [-0.05, 0) is 49.7 Å². The molecule has 0 atom stereocenters. The Labute approximate surface area is 166 Å². The summed E-state index contributed by atoms with van der Waals surface area (Å²) in [5.74, 6) is -0.762. The van der Waals surface area contributed by atoms with Gasteiger partial charge in [0.15, 0.2) is 0 Å². The van der Waals surface area contributed by atoms with Gasteiger partial charge < -0.3 is 5.32 Å². The highest BCUT2D eigenvalue weighted by atomic mass is 35.5. The Morgan fingerprint density at radius 2 is 1.77 bits per heavy atom. The molecule has 0 aromatic heterocycles. The van der Waals surface area contributed by atoms with E-state index in [-0.39, 0.29) is 22.9 Å². The Balaban J connectivity index is 1.93. The third-order valence-corrected chi connectivity index (χ3v) is 4.35. The summed E-state index contributed by atoms with van der Waals surface area (Å²) in [5.41, 5.74) is 4.55. The standard InChI is InChI=1S/C18H16Cl3N3O2/c1-10-3-5-13(9-15(10)20)22-17(25)7-11(2)23-24-18(26)14-6-4-12(19)8-16(14)21/h3-6,8-9H,7H2,1-2H3,(H,22,25)(H,24,26). The Morgan fingerprint density at radius 3 is 2.42 bits per heavy atom. The van der Waals surface area contributed by atoms with Crippen molar-refractivity contribution in [3.8, 4) is 0 Å². The number of nitrogens with zero attached hydrogens (tertiary/aromatic N) is 1. The second kappa shape index (κ2) is 9.03. The molecule has 2 aromatic carbocycles. The maximum atomic E-state index is 12.1. The zero-order chi connectivity index (χ0) is 19.3. The van der Waals surface area contributed by atoms with Crippen molar-refractivity contribution in [1.29, 1.82) is 0 Å². The van der Waals surface area contributed by atoms with Crippen LogP contribution in [0.3, 0.4) is 0 Å². The minimum Gasteiger partial charge on any atom is -0.326 e. The average Bonchev–Trinajstić information content (AvgIpc) is 2.56. The molecule has 5 nitrogen and oxygen atoms in total. The van der Waals surface area contributed by atoms with Gasteiger partial charge in [0.05, 0.1) is 17.0 Å². The minimum absolute atomic E-state index is 0.0140. The minimum atomic E-state index is -0.489. The lowest BCUT2D eigenvalue weighted by atomic mass is 10.2. The van der Waals surface area contributed by atoms with Crippen LogP contribution in [-0.2, 0) is 4.79 Å². The summed E-state index contributed by atoms with van der Waals surface area (Å²) in [7, 11) is 0. The first-order chi connectivity index (χ1) is 12.3. The Hall–Kier alpha value is -2.08. The number of carbonyl (C=O) groups is 2. The van der Waals surface area contributed by atoms with E-state index in [9.17, 15) is 9.59 Å². The largest absolute Gasteiger partial charge is 0.326 e. The summed E-state index contributed by atoms with van der Waals surface area (Å²) in [5, 5.41) is 7.86. The second-order valence-corrected chi connectivity index (χ2v) is 6.85. The molecule has 2 N–H and O–H groups in total. The van der Waals surface area contributed by atoms with Crippen LogP contribution < -0.4 is 10.7 Å². The van der Waals surface area contributed by atoms with Gasteiger partial charge in [0, 0.05) is 21.4 Å². The highest BCUT2D eigenvalue weighted by Gasteiger charge is 2.11. The lowest BCUT2D eigenvalue weighted by Crippen LogP contribution is -2.21. The zero-order valence-corrected chi connectivity index (χ0v) is 16.3. The number of benzene rings is 2. The van der Waals surface area contributed by atoms with Gasteiger partial charge >= 0.3 is 0 Å². The second-order valence-electron chi connectivity index (χ2n) is 5.60. The van der Waals surface area contributed by atoms with Crippen molar-refractivity contribution >= 4 is 58.0 Å². The van der Waals surface area contributed by atoms with Crippen molar-refractivity contribution in [2.75, 3.05) is 5.32 Å². The summed E-state index contributed by atoms with van der Waals surface area (Å²) in [6, 6.07) is 9.77. The normalized spacial score (nSPS) is 11.2. The smallest absolute Gasteiger partial charge is 0.272 e. The molecular formula is C18H16Cl3N3O2. The molecule has 0 unspecified atom stereocenters. The number of hydrogen-bond donors (Lipinski definition) is 2. The van der Waals surface area contributed by atoms with Gasteiger partial charge in [-0.2, -0.15) is 5.10 Å². The number of nitrogens with one attached hydrogen (secondary N) is 2. The fraction of sp³-hybridized carbons (Fsp3) is 0.167. The number of rotatable bonds is 5. The van der Waals surface area contributed by atoms with E-state index in [4.69, 9.17) is 34.8 Å². The number of anilines is 1. The maximum Gasteiger partial charge on any atom is 0.272 e. The molecule has 0 bridgehead atoms. The van der Waals surface area contributed by atoms with E-state index in [0.29, 0.717) is 21.4 Å². The molecule has 0 spiro atoms. The molecule has 2 rings (SSSR count). The molecule has 0 radical (unpaired) electrons. The third-order valence-electron chi connectivity index (χ3n) is 3.40. The highest BCUT2D eigenvalue weighted by Crippen LogP contribution is 2.21. The molecule has 0 aliphatic carbocycles. The number of carbonyl (C=O) groups excluding carboxylic acids is 2. The van der Waals surface area contributed by atoms with Gasteiger partial charge in [-0.15, -0.1) is 0 Å². The predicted molar refractivity (Wildman–Crippen MR) is 106 cm³/mol. The van der Waals surface area contributed by atoms with Gasteiger partial charge in [-0.25, -0.2) is 5.43 Å². The van der Waals surface area contributed by atoms with Gasteiger partial charge in [-0.3, -0.25) is 9.59 Å². The zero-order valence-electron chi connectivity index (χ0n) is 14.1. The van der Waals surface area contributed by atoms with Crippen LogP contribution in [0.5, 0.6) is 0 Å². The molecular weight excluding hydrogens is 397 g/mol. The lowest BCUT2D eigenvalue weighted by molar-refractivity contribution is -0.115. The Morgan fingerprint density at radius 1 is 1.04 bits per heavy atom. The van der Waals surface area contributed by atoms with Gasteiger partial charge in [0.25, 0.3) is 5.91 Å². The Bertz CT molecular complexity index is 882. The van der Waals surface area contributed by atoms with Crippen molar-refractivity contribution in [3.63, 3.8) is 0 Å². The predicted octanol–water partition coefficient (Wildman–Crippen LogP) is 5.09. The van der Waals surface area contributed by atoms with Crippen LogP contribution >= 0.6 is 34.8 Å². The molecule has 0 fully saturated rings. The van der Waals surface area contributed by atoms with Gasteiger partial charge in [0.1, 0.15) is 0 Å². The number of halogens is 3. The number of hydrogen-bond acceptors (Lipinski definition) is 3. The lowest BCUT2D eigenvalue weighted by Gasteiger charge is -2.07. The van der Waals surface area contributed by atoms with Crippen LogP contribution in [0.2, 0.25) is 15.1 Å². The number of aryl methyl sites for hydroxylation is 1. The summed E-state index contributed by atoms with van der Waals surface area (Å²) in [4.78, 5) is 24.1. The van der Waals surface area contributed by atoms with Crippen LogP contribution in [-0.4, -0.2) is 17.5 Å². The van der Waals surface area contributed by atoms with E-state index >= 15 is 0 Å². The summed E-state index contributed by atoms with van der Waals surface area (Å²) in [6.07, 6.45) is 0.0140. The molecule has 2 amide bonds. The number of hydrazone groups is 1. The fourth-order valence-electron chi connectivity index (χ4n) is 2.03. The molecule has 136 valence electrons. The molecule has 0 heterocycles. The van der Waals surface area contributed by atoms with Crippen molar-refractivity contribution in [2.24, 2.45) is 5.10 Å². The van der Waals surface area contributed by atoms with Crippen LogP contribution in [0.15, 0.2) is 41.5 Å². The monoisotopic (exact) mass is 411 g/mol. The van der Waals surface area contributed by atoms with E-state index in [2.05, 4.69) is 15.8 Å². The van der Waals surface area contributed by atoms with E-state index in [1.165, 1.54) is 12.1 Å². The van der Waals surface area contributed by atoms with E-state index in [1.54, 1.807) is 25.1 Å². The van der Waals surface area contributed by atoms with Crippen molar-refractivity contribution in [1.82, 2.24) is 5.43 Å². The molecule has 0 saturated carbocycles. The molecule has 0 aliphatic rings. The van der Waals surface area contributed by atoms with Crippen molar-refractivity contribution in [3.05, 3.63) is 62.6 Å². The van der Waals surface area contributed by atoms with Gasteiger partial charge in [-0.1, -0.05) is 40.9 Å². The SMILES string of the molecule is CC(CC(=O)Nc1ccc(C)c(Cl)c1)=NNC(=O)c1ccc(Cl)cc1Cl. The van der Waals surface area contributed by atoms with Crippen LogP contribution in [0.25, 0.3) is 0 Å². The summed E-state index contributed by atoms with van der Waals surface area (Å²) < 4.78 is 0. The summed E-state index contributed by atoms with van der Waals surface area (Å²) >= 11 is 17.8. The number of amides is 2. The molecule has 8 heteroatoms. The third kappa shape index (κ3) is 5.73. The summed E-state index contributed by atoms with van der Waals surface area (Å²) in [6.45, 7) is 3.51. The van der Waals surface area contributed by atoms with Crippen molar-refractivity contribution < 1.29 is 9.59 Å². The molecule has 2 aromatic rings. The first kappa shape index (κ1) is 20.2. The highest BCUT2D eigenvalue weighted by molar-refractivity contribution is 6.36. The molecule has 0 aliphatic heterocycles. The van der Waals surface area contributed by atoms with E-state index in [1.807, 2.05) is 13.0 Å². The van der Waals surface area contributed by atoms with Crippen LogP contribution in [0, 0.1) is 6.92 Å². The molecule has 26 heavy (non-hydrogen) atoms. The average molecular weight is 413 g/mol. The van der Waals surface area contributed by atoms with Crippen molar-refractivity contribution in [2.45, 2.75) is 20.3 Å². The quantitative estimate of drug-likeness (QED) is 0.530. The van der Waals surface area contributed by atoms with E-state index < -0.39 is 5.91 Å². The Kier molecular flexibility index (Phi) is 7.03. The maximum absolute atomic E-state index is 12.1. The first-order valence-corrected chi connectivity index (χ1v) is 8.74. The van der Waals surface area contributed by atoms with Gasteiger partial charge in [0.2, 0.25) is 5.91 Å². The van der Waals surface area contributed by atoms with E-state index in [0.717, 1.165) is 5.56 Å². The fourth-order valence-corrected chi connectivity index (χ4v) is 2.70. The van der Waals surface area contributed by atoms with Crippen LogP contribution in [0.1, 0.15) is 29.3 Å².